The number of carbonyl (C=O) groups excluding carboxylic acids is 1. The summed E-state index contributed by atoms with van der Waals surface area (Å²) in [5.41, 5.74) is 2.66. The second-order valence-corrected chi connectivity index (χ2v) is 4.75. The SMILES string of the molecule is CCCOc1ccc(CNC(=O)c2ccnnc2)c(C)c1. The van der Waals surface area contributed by atoms with Gasteiger partial charge in [-0.1, -0.05) is 13.0 Å². The first-order valence-electron chi connectivity index (χ1n) is 6.98. The van der Waals surface area contributed by atoms with Crippen LogP contribution in [0.15, 0.2) is 36.7 Å². The lowest BCUT2D eigenvalue weighted by Gasteiger charge is -2.10. The number of rotatable bonds is 6. The van der Waals surface area contributed by atoms with Crippen molar-refractivity contribution in [2.45, 2.75) is 26.8 Å². The molecule has 0 aliphatic heterocycles. The zero-order chi connectivity index (χ0) is 15.1. The van der Waals surface area contributed by atoms with Gasteiger partial charge in [0.05, 0.1) is 24.6 Å². The van der Waals surface area contributed by atoms with Crippen molar-refractivity contribution in [2.75, 3.05) is 6.61 Å². The number of aromatic nitrogens is 2. The summed E-state index contributed by atoms with van der Waals surface area (Å²) >= 11 is 0. The van der Waals surface area contributed by atoms with E-state index in [1.165, 1.54) is 12.4 Å². The molecule has 0 aliphatic rings. The molecule has 2 aromatic rings. The van der Waals surface area contributed by atoms with Crippen LogP contribution in [0.5, 0.6) is 5.75 Å². The van der Waals surface area contributed by atoms with Crippen LogP contribution in [0.4, 0.5) is 0 Å². The summed E-state index contributed by atoms with van der Waals surface area (Å²) in [4.78, 5) is 11.9. The molecule has 0 saturated heterocycles. The van der Waals surface area contributed by atoms with E-state index in [1.807, 2.05) is 25.1 Å². The molecule has 5 heteroatoms. The molecular formula is C16H19N3O2. The highest BCUT2D eigenvalue weighted by atomic mass is 16.5. The Labute approximate surface area is 124 Å². The first kappa shape index (κ1) is 15.0. The number of hydrogen-bond donors (Lipinski definition) is 1. The van der Waals surface area contributed by atoms with E-state index < -0.39 is 0 Å². The lowest BCUT2D eigenvalue weighted by atomic mass is 10.1. The van der Waals surface area contributed by atoms with Crippen molar-refractivity contribution in [1.82, 2.24) is 15.5 Å². The van der Waals surface area contributed by atoms with Crippen molar-refractivity contribution in [3.8, 4) is 5.75 Å². The Morgan fingerprint density at radius 1 is 1.29 bits per heavy atom. The Kier molecular flexibility index (Phi) is 5.26. The normalized spacial score (nSPS) is 10.2. The minimum atomic E-state index is -0.157. The summed E-state index contributed by atoms with van der Waals surface area (Å²) in [6, 6.07) is 7.53. The van der Waals surface area contributed by atoms with Crippen LogP contribution in [-0.2, 0) is 6.54 Å². The van der Waals surface area contributed by atoms with Gasteiger partial charge in [-0.2, -0.15) is 10.2 Å². The Hall–Kier alpha value is -2.43. The number of nitrogens with one attached hydrogen (secondary N) is 1. The number of hydrogen-bond acceptors (Lipinski definition) is 4. The molecule has 1 N–H and O–H groups in total. The number of carbonyl (C=O) groups is 1. The van der Waals surface area contributed by atoms with Crippen LogP contribution in [0.1, 0.15) is 34.8 Å². The monoisotopic (exact) mass is 285 g/mol. The molecule has 0 fully saturated rings. The predicted molar refractivity (Wildman–Crippen MR) is 80.2 cm³/mol. The fraction of sp³-hybridized carbons (Fsp3) is 0.312. The number of amides is 1. The van der Waals surface area contributed by atoms with Crippen molar-refractivity contribution in [2.24, 2.45) is 0 Å². The standard InChI is InChI=1S/C16H19N3O2/c1-3-8-21-15-5-4-13(12(2)9-15)10-17-16(20)14-6-7-18-19-11-14/h4-7,9,11H,3,8,10H2,1-2H3,(H,17,20). The Morgan fingerprint density at radius 2 is 2.14 bits per heavy atom. The first-order chi connectivity index (χ1) is 10.2. The third kappa shape index (κ3) is 4.27. The highest BCUT2D eigenvalue weighted by Crippen LogP contribution is 2.17. The molecule has 1 amide bonds. The average molecular weight is 285 g/mol. The molecule has 0 bridgehead atoms. The topological polar surface area (TPSA) is 64.1 Å². The number of benzene rings is 1. The van der Waals surface area contributed by atoms with Crippen molar-refractivity contribution < 1.29 is 9.53 Å². The molecule has 0 unspecified atom stereocenters. The van der Waals surface area contributed by atoms with Gasteiger partial charge in [-0.3, -0.25) is 4.79 Å². The summed E-state index contributed by atoms with van der Waals surface area (Å²) in [5.74, 6) is 0.707. The van der Waals surface area contributed by atoms with E-state index in [9.17, 15) is 4.79 Å². The van der Waals surface area contributed by atoms with E-state index in [0.717, 1.165) is 23.3 Å². The molecule has 1 aromatic carbocycles. The zero-order valence-electron chi connectivity index (χ0n) is 12.3. The van der Waals surface area contributed by atoms with Gasteiger partial charge in [0, 0.05) is 6.54 Å². The van der Waals surface area contributed by atoms with Crippen LogP contribution in [0, 0.1) is 6.92 Å². The van der Waals surface area contributed by atoms with Crippen molar-refractivity contribution >= 4 is 5.91 Å². The van der Waals surface area contributed by atoms with Crippen molar-refractivity contribution in [3.05, 3.63) is 53.3 Å². The largest absolute Gasteiger partial charge is 0.494 e. The summed E-state index contributed by atoms with van der Waals surface area (Å²) in [5, 5.41) is 10.2. The second kappa shape index (κ2) is 7.38. The molecule has 1 heterocycles. The smallest absolute Gasteiger partial charge is 0.253 e. The van der Waals surface area contributed by atoms with E-state index in [2.05, 4.69) is 22.4 Å². The van der Waals surface area contributed by atoms with E-state index in [1.54, 1.807) is 6.07 Å². The lowest BCUT2D eigenvalue weighted by Crippen LogP contribution is -2.23. The van der Waals surface area contributed by atoms with E-state index in [4.69, 9.17) is 4.74 Å². The molecule has 21 heavy (non-hydrogen) atoms. The Balaban J connectivity index is 1.95. The minimum Gasteiger partial charge on any atom is -0.494 e. The van der Waals surface area contributed by atoms with Gasteiger partial charge < -0.3 is 10.1 Å². The summed E-state index contributed by atoms with van der Waals surface area (Å²) in [6.07, 6.45) is 3.93. The number of aryl methyl sites for hydroxylation is 1. The molecule has 5 nitrogen and oxygen atoms in total. The van der Waals surface area contributed by atoms with Gasteiger partial charge in [0.1, 0.15) is 5.75 Å². The van der Waals surface area contributed by atoms with Gasteiger partial charge in [-0.25, -0.2) is 0 Å². The second-order valence-electron chi connectivity index (χ2n) is 4.75. The average Bonchev–Trinajstić information content (AvgIpc) is 2.52. The van der Waals surface area contributed by atoms with Crippen LogP contribution in [0.25, 0.3) is 0 Å². The Morgan fingerprint density at radius 3 is 2.81 bits per heavy atom. The maximum atomic E-state index is 11.9. The van der Waals surface area contributed by atoms with Gasteiger partial charge >= 0.3 is 0 Å². The molecule has 0 radical (unpaired) electrons. The molecular weight excluding hydrogens is 266 g/mol. The Bertz CT molecular complexity index is 600. The van der Waals surface area contributed by atoms with Gasteiger partial charge in [-0.15, -0.1) is 0 Å². The highest BCUT2D eigenvalue weighted by molar-refractivity contribution is 5.93. The highest BCUT2D eigenvalue weighted by Gasteiger charge is 2.07. The molecule has 0 saturated carbocycles. The first-order valence-corrected chi connectivity index (χ1v) is 6.98. The zero-order valence-corrected chi connectivity index (χ0v) is 12.3. The fourth-order valence-corrected chi connectivity index (χ4v) is 1.88. The third-order valence-electron chi connectivity index (χ3n) is 3.07. The molecule has 0 atom stereocenters. The summed E-state index contributed by atoms with van der Waals surface area (Å²) in [7, 11) is 0. The molecule has 1 aromatic heterocycles. The van der Waals surface area contributed by atoms with Crippen LogP contribution < -0.4 is 10.1 Å². The quantitative estimate of drug-likeness (QED) is 0.885. The molecule has 0 spiro atoms. The van der Waals surface area contributed by atoms with Crippen molar-refractivity contribution in [3.63, 3.8) is 0 Å². The summed E-state index contributed by atoms with van der Waals surface area (Å²) in [6.45, 7) is 5.27. The van der Waals surface area contributed by atoms with E-state index in [0.29, 0.717) is 18.7 Å². The number of nitrogens with zero attached hydrogens (tertiary/aromatic N) is 2. The van der Waals surface area contributed by atoms with Gasteiger partial charge in [0.2, 0.25) is 0 Å². The van der Waals surface area contributed by atoms with Crippen molar-refractivity contribution in [1.29, 1.82) is 0 Å². The fourth-order valence-electron chi connectivity index (χ4n) is 1.88. The minimum absolute atomic E-state index is 0.157. The molecule has 2 rings (SSSR count). The maximum Gasteiger partial charge on any atom is 0.253 e. The van der Waals surface area contributed by atoms with Crippen LogP contribution in [0.2, 0.25) is 0 Å². The van der Waals surface area contributed by atoms with Gasteiger partial charge in [0.15, 0.2) is 0 Å². The van der Waals surface area contributed by atoms with Crippen LogP contribution in [0.3, 0.4) is 0 Å². The van der Waals surface area contributed by atoms with Crippen LogP contribution >= 0.6 is 0 Å². The van der Waals surface area contributed by atoms with Gasteiger partial charge in [0.25, 0.3) is 5.91 Å². The van der Waals surface area contributed by atoms with E-state index in [-0.39, 0.29) is 5.91 Å². The predicted octanol–water partition coefficient (Wildman–Crippen LogP) is 2.50. The lowest BCUT2D eigenvalue weighted by molar-refractivity contribution is 0.0950. The third-order valence-corrected chi connectivity index (χ3v) is 3.07. The molecule has 0 aliphatic carbocycles. The van der Waals surface area contributed by atoms with Crippen LogP contribution in [-0.4, -0.2) is 22.7 Å². The summed E-state index contributed by atoms with van der Waals surface area (Å²) < 4.78 is 5.58. The maximum absolute atomic E-state index is 11.9. The number of ether oxygens (including phenoxy) is 1. The van der Waals surface area contributed by atoms with Gasteiger partial charge in [-0.05, 0) is 42.7 Å². The molecule has 110 valence electrons. The van der Waals surface area contributed by atoms with E-state index >= 15 is 0 Å².